The zero-order valence-electron chi connectivity index (χ0n) is 8.76. The largest absolute Gasteiger partial charge is 0.458 e. The molecule has 1 heterocycles. The maximum absolute atomic E-state index is 13.1. The van der Waals surface area contributed by atoms with Gasteiger partial charge in [-0.1, -0.05) is 0 Å². The Morgan fingerprint density at radius 3 is 2.33 bits per heavy atom. The van der Waals surface area contributed by atoms with E-state index < -0.39 is 28.1 Å². The molecule has 0 unspecified atom stereocenters. The molecule has 1 aromatic rings. The van der Waals surface area contributed by atoms with Crippen LogP contribution in [0.1, 0.15) is 5.56 Å². The molecule has 1 aromatic heterocycles. The SMILES string of the molecule is Cn1cc(C(F)(F)C(F)(F)F)cc(SC#N)c1=O. The highest BCUT2D eigenvalue weighted by Gasteiger charge is 2.59. The van der Waals surface area contributed by atoms with Gasteiger partial charge in [0.2, 0.25) is 0 Å². The van der Waals surface area contributed by atoms with Gasteiger partial charge in [0.05, 0.1) is 4.90 Å². The van der Waals surface area contributed by atoms with E-state index in [1.165, 1.54) is 5.40 Å². The van der Waals surface area contributed by atoms with Crippen LogP contribution in [-0.4, -0.2) is 10.7 Å². The molecule has 0 bridgehead atoms. The van der Waals surface area contributed by atoms with Crippen LogP contribution in [0.5, 0.6) is 0 Å². The number of rotatable bonds is 2. The van der Waals surface area contributed by atoms with E-state index in [1.54, 1.807) is 0 Å². The molecule has 0 saturated carbocycles. The highest BCUT2D eigenvalue weighted by atomic mass is 32.2. The van der Waals surface area contributed by atoms with Crippen LogP contribution in [0.2, 0.25) is 0 Å². The highest BCUT2D eigenvalue weighted by molar-refractivity contribution is 8.03. The minimum absolute atomic E-state index is 0.229. The molecule has 0 spiro atoms. The summed E-state index contributed by atoms with van der Waals surface area (Å²) in [5.41, 5.74) is -2.20. The lowest BCUT2D eigenvalue weighted by Crippen LogP contribution is -2.35. The average molecular weight is 284 g/mol. The minimum Gasteiger partial charge on any atom is -0.317 e. The van der Waals surface area contributed by atoms with E-state index in [1.807, 2.05) is 0 Å². The number of alkyl halides is 5. The number of halogens is 5. The van der Waals surface area contributed by atoms with Gasteiger partial charge in [0.15, 0.2) is 0 Å². The van der Waals surface area contributed by atoms with Crippen molar-refractivity contribution in [2.24, 2.45) is 7.05 Å². The van der Waals surface area contributed by atoms with Crippen LogP contribution in [0.3, 0.4) is 0 Å². The van der Waals surface area contributed by atoms with Crippen LogP contribution in [-0.2, 0) is 13.0 Å². The van der Waals surface area contributed by atoms with Crippen molar-refractivity contribution in [3.63, 3.8) is 0 Å². The first kappa shape index (κ1) is 14.5. The Morgan fingerprint density at radius 2 is 1.89 bits per heavy atom. The van der Waals surface area contributed by atoms with E-state index in [0.717, 1.165) is 7.05 Å². The van der Waals surface area contributed by atoms with Crippen molar-refractivity contribution in [2.45, 2.75) is 17.0 Å². The van der Waals surface area contributed by atoms with Crippen molar-refractivity contribution in [1.82, 2.24) is 4.57 Å². The first-order chi connectivity index (χ1) is 8.11. The Labute approximate surface area is 102 Å². The number of aryl methyl sites for hydroxylation is 1. The molecule has 0 fully saturated rings. The number of hydrogen-bond acceptors (Lipinski definition) is 3. The molecule has 0 aliphatic rings. The molecule has 0 aliphatic heterocycles. The van der Waals surface area contributed by atoms with E-state index in [0.29, 0.717) is 16.8 Å². The molecule has 3 nitrogen and oxygen atoms in total. The van der Waals surface area contributed by atoms with Gasteiger partial charge in [-0.3, -0.25) is 4.79 Å². The smallest absolute Gasteiger partial charge is 0.317 e. The predicted octanol–water partition coefficient (Wildman–Crippen LogP) is 2.61. The van der Waals surface area contributed by atoms with Crippen molar-refractivity contribution >= 4 is 11.8 Å². The normalized spacial score (nSPS) is 12.3. The van der Waals surface area contributed by atoms with Crippen molar-refractivity contribution in [3.05, 3.63) is 28.2 Å². The number of nitriles is 1. The summed E-state index contributed by atoms with van der Waals surface area (Å²) in [6, 6.07) is 0.379. The van der Waals surface area contributed by atoms with Gasteiger partial charge < -0.3 is 4.57 Å². The Bertz CT molecular complexity index is 558. The summed E-state index contributed by atoms with van der Waals surface area (Å²) in [6.07, 6.45) is -5.36. The van der Waals surface area contributed by atoms with Gasteiger partial charge in [0.25, 0.3) is 5.56 Å². The fourth-order valence-electron chi connectivity index (χ4n) is 1.14. The van der Waals surface area contributed by atoms with Crippen molar-refractivity contribution in [3.8, 4) is 5.40 Å². The molecule has 0 atom stereocenters. The third-order valence-electron chi connectivity index (χ3n) is 2.02. The molecule has 0 amide bonds. The Balaban J connectivity index is 3.45. The molecule has 18 heavy (non-hydrogen) atoms. The number of thioether (sulfide) groups is 1. The highest BCUT2D eigenvalue weighted by Crippen LogP contribution is 2.43. The molecule has 0 aliphatic carbocycles. The van der Waals surface area contributed by atoms with E-state index in [9.17, 15) is 26.7 Å². The number of thiocyanates is 1. The van der Waals surface area contributed by atoms with Crippen LogP contribution in [0.4, 0.5) is 22.0 Å². The van der Waals surface area contributed by atoms with E-state index in [-0.39, 0.29) is 11.8 Å². The molecule has 0 N–H and O–H groups in total. The zero-order valence-corrected chi connectivity index (χ0v) is 9.57. The van der Waals surface area contributed by atoms with Crippen molar-refractivity contribution < 1.29 is 22.0 Å². The molecule has 0 radical (unpaired) electrons. The quantitative estimate of drug-likeness (QED) is 0.476. The van der Waals surface area contributed by atoms with E-state index in [2.05, 4.69) is 0 Å². The van der Waals surface area contributed by atoms with Crippen LogP contribution >= 0.6 is 11.8 Å². The minimum atomic E-state index is -5.76. The number of nitrogens with zero attached hydrogens (tertiary/aromatic N) is 2. The standard InChI is InChI=1S/C9H5F5N2OS/c1-16-3-5(8(10,11)9(12,13)14)2-6(7(16)17)18-4-15/h2-3H,1H3. The lowest BCUT2D eigenvalue weighted by atomic mass is 10.1. The summed E-state index contributed by atoms with van der Waals surface area (Å²) < 4.78 is 63.2. The maximum atomic E-state index is 13.1. The van der Waals surface area contributed by atoms with Gasteiger partial charge in [-0.05, 0) is 17.8 Å². The third-order valence-corrected chi connectivity index (χ3v) is 2.63. The second kappa shape index (κ2) is 4.61. The van der Waals surface area contributed by atoms with Crippen molar-refractivity contribution in [1.29, 1.82) is 5.26 Å². The van der Waals surface area contributed by atoms with Crippen LogP contribution in [0, 0.1) is 10.7 Å². The molecule has 9 heteroatoms. The van der Waals surface area contributed by atoms with Crippen molar-refractivity contribution in [2.75, 3.05) is 0 Å². The number of hydrogen-bond donors (Lipinski definition) is 0. The second-order valence-corrected chi connectivity index (χ2v) is 4.10. The van der Waals surface area contributed by atoms with Crippen LogP contribution < -0.4 is 5.56 Å². The summed E-state index contributed by atoms with van der Waals surface area (Å²) in [5.74, 6) is -5.08. The summed E-state index contributed by atoms with van der Waals surface area (Å²) in [4.78, 5) is 10.9. The van der Waals surface area contributed by atoms with Gasteiger partial charge in [-0.15, -0.1) is 0 Å². The predicted molar refractivity (Wildman–Crippen MR) is 53.1 cm³/mol. The zero-order chi connectivity index (χ0) is 14.1. The summed E-state index contributed by atoms with van der Waals surface area (Å²) in [5, 5.41) is 9.79. The Morgan fingerprint density at radius 1 is 1.33 bits per heavy atom. The van der Waals surface area contributed by atoms with E-state index in [4.69, 9.17) is 5.26 Å². The number of aromatic nitrogens is 1. The molecule has 98 valence electrons. The average Bonchev–Trinajstić information content (AvgIpc) is 2.23. The summed E-state index contributed by atoms with van der Waals surface area (Å²) in [6.45, 7) is 0. The molecular formula is C9H5F5N2OS. The number of pyridine rings is 1. The summed E-state index contributed by atoms with van der Waals surface area (Å²) in [7, 11) is 1.03. The van der Waals surface area contributed by atoms with Crippen LogP contribution in [0.15, 0.2) is 22.0 Å². The van der Waals surface area contributed by atoms with Gasteiger partial charge >= 0.3 is 12.1 Å². The first-order valence-electron chi connectivity index (χ1n) is 4.33. The fraction of sp³-hybridized carbons (Fsp3) is 0.333. The lowest BCUT2D eigenvalue weighted by molar-refractivity contribution is -0.289. The van der Waals surface area contributed by atoms with Gasteiger partial charge in [-0.2, -0.15) is 27.2 Å². The lowest BCUT2D eigenvalue weighted by Gasteiger charge is -2.20. The van der Waals surface area contributed by atoms with E-state index >= 15 is 0 Å². The topological polar surface area (TPSA) is 45.8 Å². The Kier molecular flexibility index (Phi) is 3.71. The first-order valence-corrected chi connectivity index (χ1v) is 5.14. The maximum Gasteiger partial charge on any atom is 0.458 e. The fourth-order valence-corrected chi connectivity index (χ4v) is 1.65. The van der Waals surface area contributed by atoms with Crippen LogP contribution in [0.25, 0.3) is 0 Å². The monoisotopic (exact) mass is 284 g/mol. The van der Waals surface area contributed by atoms with Gasteiger partial charge in [0, 0.05) is 18.8 Å². The molecule has 0 saturated heterocycles. The second-order valence-electron chi connectivity index (χ2n) is 3.27. The molecule has 0 aromatic carbocycles. The molecular weight excluding hydrogens is 279 g/mol. The molecule has 1 rings (SSSR count). The third kappa shape index (κ3) is 2.48. The Hall–Kier alpha value is -1.56. The van der Waals surface area contributed by atoms with Gasteiger partial charge in [-0.25, -0.2) is 0 Å². The summed E-state index contributed by atoms with van der Waals surface area (Å²) >= 11 is 0.229. The van der Waals surface area contributed by atoms with Gasteiger partial charge in [0.1, 0.15) is 5.40 Å².